The van der Waals surface area contributed by atoms with Crippen molar-refractivity contribution in [3.63, 3.8) is 0 Å². The fraction of sp³-hybridized carbons (Fsp3) is 0.575. The van der Waals surface area contributed by atoms with Gasteiger partial charge in [0.25, 0.3) is 0 Å². The van der Waals surface area contributed by atoms with E-state index < -0.39 is 0 Å². The van der Waals surface area contributed by atoms with Crippen LogP contribution in [0.3, 0.4) is 0 Å². The molecule has 0 N–H and O–H groups in total. The first-order valence-corrected chi connectivity index (χ1v) is 17.7. The van der Waals surface area contributed by atoms with Gasteiger partial charge in [0.05, 0.1) is 26.2 Å². The number of esters is 2. The third-order valence-corrected chi connectivity index (χ3v) is 9.49. The molecule has 2 aliphatic carbocycles. The summed E-state index contributed by atoms with van der Waals surface area (Å²) in [6.45, 7) is 8.82. The number of hydrogen-bond acceptors (Lipinski definition) is 7. The first-order valence-electron chi connectivity index (χ1n) is 17.7. The van der Waals surface area contributed by atoms with Crippen molar-refractivity contribution in [1.82, 2.24) is 0 Å². The lowest BCUT2D eigenvalue weighted by Crippen LogP contribution is -2.26. The SMILES string of the molecule is C=CC(=O)OCCCCCCOc1ccc(OC(=O)C2CCC(C=O)CC2)cc1.CCCC1CCC(c2ccc(OC)c(C)c2)CC1. The molecule has 0 bridgehead atoms. The van der Waals surface area contributed by atoms with Crippen LogP contribution in [0.5, 0.6) is 17.2 Å². The highest BCUT2D eigenvalue weighted by Gasteiger charge is 2.27. The summed E-state index contributed by atoms with van der Waals surface area (Å²) in [4.78, 5) is 33.9. The highest BCUT2D eigenvalue weighted by Crippen LogP contribution is 2.38. The summed E-state index contributed by atoms with van der Waals surface area (Å²) in [6.07, 6.45) is 17.1. The number of aryl methyl sites for hydroxylation is 1. The number of carbonyl (C=O) groups excluding carboxylic acids is 3. The topological polar surface area (TPSA) is 88.1 Å². The Balaban J connectivity index is 0.000000284. The molecule has 258 valence electrons. The van der Waals surface area contributed by atoms with Gasteiger partial charge in [-0.2, -0.15) is 0 Å². The highest BCUT2D eigenvalue weighted by atomic mass is 16.5. The molecule has 7 nitrogen and oxygen atoms in total. The fourth-order valence-electron chi connectivity index (χ4n) is 6.62. The zero-order valence-electron chi connectivity index (χ0n) is 28.9. The number of methoxy groups -OCH3 is 1. The number of benzene rings is 2. The molecule has 47 heavy (non-hydrogen) atoms. The molecular formula is C40H56O7. The minimum absolute atomic E-state index is 0.0882. The van der Waals surface area contributed by atoms with Gasteiger partial charge in [0.15, 0.2) is 0 Å². The summed E-state index contributed by atoms with van der Waals surface area (Å²) < 4.78 is 21.4. The van der Waals surface area contributed by atoms with Crippen molar-refractivity contribution in [2.75, 3.05) is 20.3 Å². The van der Waals surface area contributed by atoms with Crippen molar-refractivity contribution in [1.29, 1.82) is 0 Å². The lowest BCUT2D eigenvalue weighted by molar-refractivity contribution is -0.140. The fourth-order valence-corrected chi connectivity index (χ4v) is 6.62. The minimum atomic E-state index is -0.382. The summed E-state index contributed by atoms with van der Waals surface area (Å²) >= 11 is 0. The Labute approximate surface area is 282 Å². The molecule has 2 saturated carbocycles. The lowest BCUT2D eigenvalue weighted by Gasteiger charge is -2.29. The van der Waals surface area contributed by atoms with Crippen LogP contribution in [0.1, 0.15) is 114 Å². The maximum absolute atomic E-state index is 12.2. The Hall–Kier alpha value is -3.61. The van der Waals surface area contributed by atoms with Crippen LogP contribution in [0.2, 0.25) is 0 Å². The molecule has 0 unspecified atom stereocenters. The largest absolute Gasteiger partial charge is 0.496 e. The molecule has 0 heterocycles. The number of hydrogen-bond donors (Lipinski definition) is 0. The molecular weight excluding hydrogens is 592 g/mol. The normalized spacial score (nSPS) is 20.6. The average Bonchev–Trinajstić information content (AvgIpc) is 3.10. The van der Waals surface area contributed by atoms with Gasteiger partial charge in [-0.25, -0.2) is 4.79 Å². The summed E-state index contributed by atoms with van der Waals surface area (Å²) in [5.41, 5.74) is 2.79. The number of rotatable bonds is 16. The smallest absolute Gasteiger partial charge is 0.330 e. The zero-order chi connectivity index (χ0) is 33.9. The third-order valence-electron chi connectivity index (χ3n) is 9.49. The molecule has 0 amide bonds. The predicted octanol–water partition coefficient (Wildman–Crippen LogP) is 9.34. The van der Waals surface area contributed by atoms with E-state index in [4.69, 9.17) is 18.9 Å². The van der Waals surface area contributed by atoms with Gasteiger partial charge in [0, 0.05) is 12.0 Å². The molecule has 0 aromatic heterocycles. The van der Waals surface area contributed by atoms with Crippen LogP contribution < -0.4 is 14.2 Å². The molecule has 2 aromatic rings. The van der Waals surface area contributed by atoms with Crippen LogP contribution in [-0.4, -0.2) is 38.5 Å². The van der Waals surface area contributed by atoms with Crippen molar-refractivity contribution < 1.29 is 33.3 Å². The van der Waals surface area contributed by atoms with Gasteiger partial charge in [0.2, 0.25) is 0 Å². The van der Waals surface area contributed by atoms with Gasteiger partial charge < -0.3 is 23.7 Å². The molecule has 0 radical (unpaired) electrons. The second kappa shape index (κ2) is 21.3. The number of aldehydes is 1. The molecule has 2 aliphatic rings. The van der Waals surface area contributed by atoms with Gasteiger partial charge in [0.1, 0.15) is 23.5 Å². The van der Waals surface area contributed by atoms with Gasteiger partial charge in [-0.3, -0.25) is 4.79 Å². The van der Waals surface area contributed by atoms with Gasteiger partial charge >= 0.3 is 11.9 Å². The second-order valence-electron chi connectivity index (χ2n) is 13.0. The molecule has 7 heteroatoms. The predicted molar refractivity (Wildman–Crippen MR) is 186 cm³/mol. The summed E-state index contributed by atoms with van der Waals surface area (Å²) in [7, 11) is 1.75. The highest BCUT2D eigenvalue weighted by molar-refractivity contribution is 5.81. The molecule has 4 rings (SSSR count). The molecule has 0 atom stereocenters. The van der Waals surface area contributed by atoms with E-state index in [1.165, 1.54) is 55.7 Å². The van der Waals surface area contributed by atoms with Crippen LogP contribution >= 0.6 is 0 Å². The van der Waals surface area contributed by atoms with E-state index in [1.54, 1.807) is 31.4 Å². The Morgan fingerprint density at radius 3 is 2.11 bits per heavy atom. The van der Waals surface area contributed by atoms with E-state index in [0.29, 0.717) is 31.8 Å². The van der Waals surface area contributed by atoms with Crippen LogP contribution in [0, 0.1) is 24.7 Å². The zero-order valence-corrected chi connectivity index (χ0v) is 28.9. The second-order valence-corrected chi connectivity index (χ2v) is 13.0. The van der Waals surface area contributed by atoms with E-state index >= 15 is 0 Å². The Morgan fingerprint density at radius 1 is 0.851 bits per heavy atom. The maximum atomic E-state index is 12.2. The van der Waals surface area contributed by atoms with E-state index in [-0.39, 0.29) is 23.8 Å². The van der Waals surface area contributed by atoms with E-state index in [2.05, 4.69) is 38.6 Å². The van der Waals surface area contributed by atoms with Crippen LogP contribution in [0.4, 0.5) is 0 Å². The van der Waals surface area contributed by atoms with E-state index in [9.17, 15) is 14.4 Å². The minimum Gasteiger partial charge on any atom is -0.496 e. The summed E-state index contributed by atoms with van der Waals surface area (Å²) in [5.74, 6) is 3.39. The number of carbonyl (C=O) groups is 3. The average molecular weight is 649 g/mol. The van der Waals surface area contributed by atoms with Crippen LogP contribution in [0.25, 0.3) is 0 Å². The lowest BCUT2D eigenvalue weighted by atomic mass is 9.77. The quantitative estimate of drug-likeness (QED) is 0.0589. The maximum Gasteiger partial charge on any atom is 0.330 e. The molecule has 2 fully saturated rings. The first-order chi connectivity index (χ1) is 22.9. The van der Waals surface area contributed by atoms with Gasteiger partial charge in [-0.1, -0.05) is 38.5 Å². The van der Waals surface area contributed by atoms with Crippen molar-refractivity contribution in [3.8, 4) is 17.2 Å². The van der Waals surface area contributed by atoms with Crippen LogP contribution in [0.15, 0.2) is 55.1 Å². The monoisotopic (exact) mass is 648 g/mol. The van der Waals surface area contributed by atoms with E-state index in [0.717, 1.165) is 68.1 Å². The number of unbranched alkanes of at least 4 members (excludes halogenated alkanes) is 3. The van der Waals surface area contributed by atoms with Gasteiger partial charge in [-0.05, 0) is 137 Å². The summed E-state index contributed by atoms with van der Waals surface area (Å²) in [6, 6.07) is 13.8. The van der Waals surface area contributed by atoms with E-state index in [1.807, 2.05) is 0 Å². The van der Waals surface area contributed by atoms with Crippen molar-refractivity contribution in [2.24, 2.45) is 17.8 Å². The molecule has 0 spiro atoms. The van der Waals surface area contributed by atoms with Gasteiger partial charge in [-0.15, -0.1) is 0 Å². The molecule has 0 saturated heterocycles. The molecule has 2 aromatic carbocycles. The van der Waals surface area contributed by atoms with Crippen molar-refractivity contribution in [3.05, 3.63) is 66.2 Å². The Morgan fingerprint density at radius 2 is 1.51 bits per heavy atom. The van der Waals surface area contributed by atoms with Crippen molar-refractivity contribution in [2.45, 2.75) is 110 Å². The Kier molecular flexibility index (Phi) is 17.2. The Bertz CT molecular complexity index is 1220. The van der Waals surface area contributed by atoms with Crippen LogP contribution in [-0.2, 0) is 19.1 Å². The third kappa shape index (κ3) is 13.6. The summed E-state index contributed by atoms with van der Waals surface area (Å²) in [5, 5.41) is 0. The first kappa shape index (κ1) is 37.8. The number of ether oxygens (including phenoxy) is 4. The molecule has 0 aliphatic heterocycles. The standard InChI is InChI=1S/C23H30O6.C17H26O/c1-2-22(25)28-16-6-4-3-5-15-27-20-11-13-21(14-12-20)29-23(26)19-9-7-18(17-24)8-10-19;1-4-5-14-6-8-15(9-7-14)16-10-11-17(18-3)13(2)12-16/h2,11-14,17-19H,1,3-10,15-16H2;10-12,14-15H,4-9H2,1-3H3. The van der Waals surface area contributed by atoms with Crippen molar-refractivity contribution >= 4 is 18.2 Å².